The molecule has 1 atom stereocenters. The maximum absolute atomic E-state index is 11.8. The summed E-state index contributed by atoms with van der Waals surface area (Å²) in [4.78, 5) is 23.3. The molecule has 78 valence electrons. The maximum Gasteiger partial charge on any atom is 0.246 e. The van der Waals surface area contributed by atoms with E-state index in [0.29, 0.717) is 0 Å². The zero-order valence-corrected chi connectivity index (χ0v) is 8.43. The van der Waals surface area contributed by atoms with Crippen molar-refractivity contribution in [3.05, 3.63) is 0 Å². The molecule has 1 unspecified atom stereocenters. The Hall–Kier alpha value is -1.06. The first kappa shape index (κ1) is 9.49. The van der Waals surface area contributed by atoms with Crippen LogP contribution >= 0.6 is 0 Å². The molecule has 4 heteroatoms. The molecule has 0 radical (unpaired) electrons. The highest BCUT2D eigenvalue weighted by atomic mass is 16.2. The van der Waals surface area contributed by atoms with Gasteiger partial charge in [0.25, 0.3) is 0 Å². The van der Waals surface area contributed by atoms with Gasteiger partial charge in [-0.2, -0.15) is 0 Å². The first-order valence-corrected chi connectivity index (χ1v) is 5.27. The highest BCUT2D eigenvalue weighted by molar-refractivity contribution is 5.99. The Morgan fingerprint density at radius 2 is 1.86 bits per heavy atom. The molecule has 1 saturated carbocycles. The molecule has 4 nitrogen and oxygen atoms in total. The molecule has 14 heavy (non-hydrogen) atoms. The van der Waals surface area contributed by atoms with Crippen LogP contribution in [0.5, 0.6) is 0 Å². The molecule has 0 aromatic carbocycles. The minimum absolute atomic E-state index is 0.00398. The van der Waals surface area contributed by atoms with E-state index in [1.165, 1.54) is 6.42 Å². The van der Waals surface area contributed by atoms with Gasteiger partial charge in [-0.15, -0.1) is 0 Å². The number of piperazine rings is 1. The van der Waals surface area contributed by atoms with E-state index in [9.17, 15) is 9.59 Å². The van der Waals surface area contributed by atoms with Crippen molar-refractivity contribution in [2.75, 3.05) is 0 Å². The maximum atomic E-state index is 11.8. The van der Waals surface area contributed by atoms with Crippen LogP contribution in [0.15, 0.2) is 0 Å². The molecule has 0 bridgehead atoms. The summed E-state index contributed by atoms with van der Waals surface area (Å²) >= 11 is 0. The van der Waals surface area contributed by atoms with Gasteiger partial charge in [-0.3, -0.25) is 9.59 Å². The SMILES string of the molecule is CC1NC(=O)C2(CCCCC2)NC1=O. The summed E-state index contributed by atoms with van der Waals surface area (Å²) in [5, 5.41) is 5.62. The van der Waals surface area contributed by atoms with E-state index >= 15 is 0 Å². The van der Waals surface area contributed by atoms with Crippen molar-refractivity contribution in [2.45, 2.75) is 50.6 Å². The van der Waals surface area contributed by atoms with Crippen molar-refractivity contribution in [1.29, 1.82) is 0 Å². The Morgan fingerprint density at radius 3 is 2.50 bits per heavy atom. The number of carbonyl (C=O) groups excluding carboxylic acids is 2. The van der Waals surface area contributed by atoms with Crippen LogP contribution in [-0.4, -0.2) is 23.4 Å². The van der Waals surface area contributed by atoms with E-state index in [4.69, 9.17) is 0 Å². The minimum Gasteiger partial charge on any atom is -0.343 e. The Balaban J connectivity index is 2.17. The van der Waals surface area contributed by atoms with Crippen LogP contribution < -0.4 is 10.6 Å². The molecule has 2 N–H and O–H groups in total. The second-order valence-electron chi connectivity index (χ2n) is 4.33. The second kappa shape index (κ2) is 3.26. The molecule has 1 spiro atoms. The molecule has 2 fully saturated rings. The molecule has 1 aliphatic heterocycles. The fourth-order valence-corrected chi connectivity index (χ4v) is 2.31. The van der Waals surface area contributed by atoms with Crippen molar-refractivity contribution in [1.82, 2.24) is 10.6 Å². The Morgan fingerprint density at radius 1 is 1.21 bits per heavy atom. The summed E-state index contributed by atoms with van der Waals surface area (Å²) in [6.45, 7) is 1.71. The molecular weight excluding hydrogens is 180 g/mol. The fraction of sp³-hybridized carbons (Fsp3) is 0.800. The van der Waals surface area contributed by atoms with Crippen molar-refractivity contribution < 1.29 is 9.59 Å². The predicted molar refractivity (Wildman–Crippen MR) is 51.6 cm³/mol. The lowest BCUT2D eigenvalue weighted by Gasteiger charge is -2.41. The van der Waals surface area contributed by atoms with Crippen molar-refractivity contribution >= 4 is 11.8 Å². The van der Waals surface area contributed by atoms with Gasteiger partial charge in [0.1, 0.15) is 11.6 Å². The summed E-state index contributed by atoms with van der Waals surface area (Å²) in [6.07, 6.45) is 4.80. The van der Waals surface area contributed by atoms with E-state index in [-0.39, 0.29) is 17.9 Å². The highest BCUT2D eigenvalue weighted by Crippen LogP contribution is 2.30. The van der Waals surface area contributed by atoms with Gasteiger partial charge in [-0.25, -0.2) is 0 Å². The summed E-state index contributed by atoms with van der Waals surface area (Å²) < 4.78 is 0. The molecule has 1 aliphatic carbocycles. The topological polar surface area (TPSA) is 58.2 Å². The van der Waals surface area contributed by atoms with Gasteiger partial charge in [0.2, 0.25) is 11.8 Å². The van der Waals surface area contributed by atoms with Gasteiger partial charge in [-0.05, 0) is 19.8 Å². The van der Waals surface area contributed by atoms with Crippen LogP contribution in [-0.2, 0) is 9.59 Å². The molecule has 1 heterocycles. The van der Waals surface area contributed by atoms with Gasteiger partial charge in [0.05, 0.1) is 0 Å². The van der Waals surface area contributed by atoms with Crippen LogP contribution in [0.25, 0.3) is 0 Å². The highest BCUT2D eigenvalue weighted by Gasteiger charge is 2.45. The zero-order valence-electron chi connectivity index (χ0n) is 8.43. The van der Waals surface area contributed by atoms with E-state index in [0.717, 1.165) is 25.7 Å². The predicted octanol–water partition coefficient (Wildman–Crippen LogP) is 0.324. The van der Waals surface area contributed by atoms with E-state index in [1.54, 1.807) is 6.92 Å². The van der Waals surface area contributed by atoms with Crippen molar-refractivity contribution in [3.63, 3.8) is 0 Å². The third-order valence-corrected chi connectivity index (χ3v) is 3.25. The number of amides is 2. The quantitative estimate of drug-likeness (QED) is 0.586. The number of rotatable bonds is 0. The van der Waals surface area contributed by atoms with Crippen LogP contribution in [0.3, 0.4) is 0 Å². The van der Waals surface area contributed by atoms with Crippen LogP contribution in [0, 0.1) is 0 Å². The zero-order chi connectivity index (χ0) is 10.2. The molecule has 2 amide bonds. The summed E-state index contributed by atoms with van der Waals surface area (Å²) in [5.74, 6) is -0.0456. The number of hydrogen-bond donors (Lipinski definition) is 2. The second-order valence-corrected chi connectivity index (χ2v) is 4.33. The molecule has 0 aromatic rings. The smallest absolute Gasteiger partial charge is 0.246 e. The lowest BCUT2D eigenvalue weighted by Crippen LogP contribution is -2.69. The van der Waals surface area contributed by atoms with E-state index < -0.39 is 5.54 Å². The lowest BCUT2D eigenvalue weighted by molar-refractivity contribution is -0.142. The number of nitrogens with one attached hydrogen (secondary N) is 2. The van der Waals surface area contributed by atoms with Crippen molar-refractivity contribution in [3.8, 4) is 0 Å². The van der Waals surface area contributed by atoms with Gasteiger partial charge in [0.15, 0.2) is 0 Å². The number of carbonyl (C=O) groups is 2. The van der Waals surface area contributed by atoms with Gasteiger partial charge >= 0.3 is 0 Å². The van der Waals surface area contributed by atoms with Crippen LogP contribution in [0.4, 0.5) is 0 Å². The van der Waals surface area contributed by atoms with Gasteiger partial charge < -0.3 is 10.6 Å². The van der Waals surface area contributed by atoms with Gasteiger partial charge in [-0.1, -0.05) is 19.3 Å². The fourth-order valence-electron chi connectivity index (χ4n) is 2.31. The summed E-state index contributed by atoms with van der Waals surface area (Å²) in [7, 11) is 0. The Kier molecular flexibility index (Phi) is 2.21. The summed E-state index contributed by atoms with van der Waals surface area (Å²) in [5.41, 5.74) is -0.582. The molecular formula is C10H16N2O2. The average Bonchev–Trinajstić information content (AvgIpc) is 2.17. The van der Waals surface area contributed by atoms with Crippen LogP contribution in [0.1, 0.15) is 39.0 Å². The third-order valence-electron chi connectivity index (χ3n) is 3.25. The molecule has 2 aliphatic rings. The molecule has 2 rings (SSSR count). The summed E-state index contributed by atoms with van der Waals surface area (Å²) in [6, 6.07) is -0.380. The van der Waals surface area contributed by atoms with Gasteiger partial charge in [0, 0.05) is 0 Å². The van der Waals surface area contributed by atoms with Crippen LogP contribution in [0.2, 0.25) is 0 Å². The lowest BCUT2D eigenvalue weighted by atomic mass is 9.79. The Bertz CT molecular complexity index is 269. The Labute approximate surface area is 83.4 Å². The monoisotopic (exact) mass is 196 g/mol. The largest absolute Gasteiger partial charge is 0.343 e. The molecule has 1 saturated heterocycles. The first-order chi connectivity index (χ1) is 6.64. The van der Waals surface area contributed by atoms with E-state index in [1.807, 2.05) is 0 Å². The van der Waals surface area contributed by atoms with Crippen molar-refractivity contribution in [2.24, 2.45) is 0 Å². The molecule has 0 aromatic heterocycles. The number of hydrogen-bond acceptors (Lipinski definition) is 2. The standard InChI is InChI=1S/C10H16N2O2/c1-7-8(13)12-10(9(14)11-7)5-3-2-4-6-10/h7H,2-6H2,1H3,(H,11,14)(H,12,13). The average molecular weight is 196 g/mol. The third kappa shape index (κ3) is 1.38. The normalized spacial score (nSPS) is 31.1. The minimum atomic E-state index is -0.582. The van der Waals surface area contributed by atoms with E-state index in [2.05, 4.69) is 10.6 Å². The first-order valence-electron chi connectivity index (χ1n) is 5.27.